The summed E-state index contributed by atoms with van der Waals surface area (Å²) in [5.41, 5.74) is 1.11. The summed E-state index contributed by atoms with van der Waals surface area (Å²) < 4.78 is 0. The van der Waals surface area contributed by atoms with Crippen molar-refractivity contribution >= 4 is 64.7 Å². The molecule has 0 fully saturated rings. The molecular weight excluding hydrogens is 427 g/mol. The minimum Gasteiger partial charge on any atom is -0.362 e. The van der Waals surface area contributed by atoms with Crippen molar-refractivity contribution in [2.75, 3.05) is 5.09 Å². The molecule has 0 amide bonds. The highest BCUT2D eigenvalue weighted by molar-refractivity contribution is 7.99. The fraction of sp³-hybridized carbons (Fsp3) is 0. The molecule has 3 aromatic carbocycles. The van der Waals surface area contributed by atoms with Crippen LogP contribution in [0.2, 0.25) is 0 Å². The largest absolute Gasteiger partial charge is 0.362 e. The van der Waals surface area contributed by atoms with Gasteiger partial charge < -0.3 is 9.97 Å². The quantitative estimate of drug-likeness (QED) is 0.219. The number of nitrogens with one attached hydrogen (secondary N) is 1. The fourth-order valence-electron chi connectivity index (χ4n) is 2.86. The van der Waals surface area contributed by atoms with E-state index in [1.807, 2.05) is 18.2 Å². The Morgan fingerprint density at radius 1 is 0.964 bits per heavy atom. The molecule has 3 unspecified atom stereocenters. The summed E-state index contributed by atoms with van der Waals surface area (Å²) in [4.78, 5) is 6.83. The summed E-state index contributed by atoms with van der Waals surface area (Å²) in [6.07, 6.45) is 0. The molecule has 1 aromatic heterocycles. The van der Waals surface area contributed by atoms with Gasteiger partial charge in [-0.25, -0.2) is 5.26 Å². The maximum Gasteiger partial charge on any atom is 0.182 e. The van der Waals surface area contributed by atoms with Gasteiger partial charge in [-0.05, 0) is 45.8 Å². The topological polar surface area (TPSA) is 50.7 Å². The molecular formula is C20H18NO3P3S. The number of para-hydroxylation sites is 1. The normalized spacial score (nSPS) is 11.6. The van der Waals surface area contributed by atoms with Crippen molar-refractivity contribution in [3.8, 4) is 5.75 Å². The second-order valence-electron chi connectivity index (χ2n) is 5.92. The molecule has 0 aliphatic heterocycles. The molecule has 4 nitrogen and oxygen atoms in total. The van der Waals surface area contributed by atoms with Crippen molar-refractivity contribution in [1.29, 1.82) is 0 Å². The van der Waals surface area contributed by atoms with E-state index < -0.39 is 0 Å². The molecule has 1 heterocycles. The van der Waals surface area contributed by atoms with Crippen LogP contribution in [0.15, 0.2) is 82.3 Å². The standard InChI is InChI=1S/C20H18NO3P3S/c22-24-23-16-8-3-4-9-17(16)28-18-12-15(21-27-19-10-5-11-26-19)13-6-1-2-7-14(13)20(18)25/h1-12,21-22,26-27H,25H2. The summed E-state index contributed by atoms with van der Waals surface area (Å²) in [6, 6.07) is 22.3. The molecule has 4 rings (SSSR count). The van der Waals surface area contributed by atoms with Crippen LogP contribution in [-0.2, 0) is 5.04 Å². The average molecular weight is 445 g/mol. The summed E-state index contributed by atoms with van der Waals surface area (Å²) in [6.45, 7) is 0. The van der Waals surface area contributed by atoms with Crippen LogP contribution in [0.3, 0.4) is 0 Å². The lowest BCUT2D eigenvalue weighted by atomic mass is 10.1. The number of hydrogen-bond acceptors (Lipinski definition) is 5. The minimum atomic E-state index is 0.465. The molecule has 3 atom stereocenters. The van der Waals surface area contributed by atoms with Gasteiger partial charge in [-0.3, -0.25) is 0 Å². The van der Waals surface area contributed by atoms with E-state index in [1.54, 1.807) is 17.8 Å². The van der Waals surface area contributed by atoms with E-state index in [0.29, 0.717) is 14.5 Å². The lowest BCUT2D eigenvalue weighted by molar-refractivity contribution is -0.439. The molecule has 142 valence electrons. The van der Waals surface area contributed by atoms with Gasteiger partial charge in [0.2, 0.25) is 0 Å². The smallest absolute Gasteiger partial charge is 0.182 e. The van der Waals surface area contributed by atoms with E-state index >= 15 is 0 Å². The van der Waals surface area contributed by atoms with Crippen molar-refractivity contribution in [1.82, 2.24) is 0 Å². The lowest BCUT2D eigenvalue weighted by Crippen LogP contribution is -2.02. The van der Waals surface area contributed by atoms with Crippen LogP contribution in [0.5, 0.6) is 5.75 Å². The molecule has 0 saturated heterocycles. The Bertz CT molecular complexity index is 1090. The Morgan fingerprint density at radius 3 is 2.54 bits per heavy atom. The fourth-order valence-corrected chi connectivity index (χ4v) is 6.31. The third-order valence-corrected chi connectivity index (χ3v) is 8.60. The Labute approximate surface area is 173 Å². The molecule has 2 N–H and O–H groups in total. The lowest BCUT2D eigenvalue weighted by Gasteiger charge is -2.16. The number of hydrogen-bond donors (Lipinski definition) is 2. The van der Waals surface area contributed by atoms with Crippen LogP contribution in [0, 0.1) is 0 Å². The molecule has 0 aliphatic rings. The van der Waals surface area contributed by atoms with Crippen LogP contribution in [0.4, 0.5) is 5.69 Å². The Morgan fingerprint density at radius 2 is 1.75 bits per heavy atom. The zero-order valence-electron chi connectivity index (χ0n) is 14.7. The monoisotopic (exact) mass is 445 g/mol. The van der Waals surface area contributed by atoms with Crippen LogP contribution in [0.1, 0.15) is 0 Å². The van der Waals surface area contributed by atoms with Gasteiger partial charge in [-0.1, -0.05) is 54.2 Å². The number of fused-ring (bicyclic) bond motifs is 1. The highest BCUT2D eigenvalue weighted by atomic mass is 32.2. The molecule has 8 heteroatoms. The predicted molar refractivity (Wildman–Crippen MR) is 126 cm³/mol. The summed E-state index contributed by atoms with van der Waals surface area (Å²) in [7, 11) is 4.18. The summed E-state index contributed by atoms with van der Waals surface area (Å²) in [5, 5.41) is 21.1. The van der Waals surface area contributed by atoms with E-state index in [2.05, 4.69) is 67.6 Å². The van der Waals surface area contributed by atoms with E-state index in [4.69, 9.17) is 10.1 Å². The van der Waals surface area contributed by atoms with Gasteiger partial charge in [-0.15, -0.1) is 17.4 Å². The zero-order valence-corrected chi connectivity index (χ0v) is 18.6. The molecule has 0 bridgehead atoms. The van der Waals surface area contributed by atoms with Crippen molar-refractivity contribution in [2.45, 2.75) is 9.79 Å². The van der Waals surface area contributed by atoms with E-state index in [0.717, 1.165) is 29.0 Å². The number of benzene rings is 3. The van der Waals surface area contributed by atoms with Crippen molar-refractivity contribution in [3.05, 3.63) is 72.5 Å². The predicted octanol–water partition coefficient (Wildman–Crippen LogP) is 5.64. The Kier molecular flexibility index (Phi) is 6.54. The van der Waals surface area contributed by atoms with E-state index in [1.165, 1.54) is 15.8 Å². The first-order valence-electron chi connectivity index (χ1n) is 8.48. The molecule has 0 saturated carbocycles. The van der Waals surface area contributed by atoms with Crippen LogP contribution in [0.25, 0.3) is 10.8 Å². The Balaban J connectivity index is 1.73. The first kappa shape index (κ1) is 19.7. The van der Waals surface area contributed by atoms with Crippen molar-refractivity contribution < 1.29 is 15.2 Å². The molecule has 0 spiro atoms. The van der Waals surface area contributed by atoms with Crippen molar-refractivity contribution in [2.24, 2.45) is 0 Å². The molecule has 4 aromatic rings. The SMILES string of the molecule is OOOc1ccccc1Sc1cc(NPc2ccc[pH]2)c2ccccc2c1P. The molecule has 28 heavy (non-hydrogen) atoms. The van der Waals surface area contributed by atoms with Gasteiger partial charge in [0, 0.05) is 29.7 Å². The third kappa shape index (κ3) is 4.36. The van der Waals surface area contributed by atoms with Gasteiger partial charge in [0.05, 0.1) is 4.90 Å². The highest BCUT2D eigenvalue weighted by Crippen LogP contribution is 2.39. The molecule has 0 radical (unpaired) electrons. The minimum absolute atomic E-state index is 0.465. The van der Waals surface area contributed by atoms with Crippen LogP contribution in [-0.4, -0.2) is 5.26 Å². The van der Waals surface area contributed by atoms with Crippen molar-refractivity contribution in [3.63, 3.8) is 0 Å². The van der Waals surface area contributed by atoms with Crippen LogP contribution < -0.4 is 20.3 Å². The average Bonchev–Trinajstić information content (AvgIpc) is 3.24. The first-order chi connectivity index (χ1) is 13.8. The number of rotatable bonds is 7. The number of anilines is 1. The summed E-state index contributed by atoms with van der Waals surface area (Å²) in [5.74, 6) is 2.67. The van der Waals surface area contributed by atoms with Crippen LogP contribution >= 0.6 is 37.9 Å². The Hall–Kier alpha value is -1.57. The van der Waals surface area contributed by atoms with Gasteiger partial charge in [-0.2, -0.15) is 0 Å². The van der Waals surface area contributed by atoms with Gasteiger partial charge >= 0.3 is 0 Å². The third-order valence-electron chi connectivity index (χ3n) is 4.17. The van der Waals surface area contributed by atoms with Gasteiger partial charge in [0.1, 0.15) is 0 Å². The molecule has 0 aliphatic carbocycles. The first-order valence-corrected chi connectivity index (χ1v) is 11.9. The summed E-state index contributed by atoms with van der Waals surface area (Å²) >= 11 is 1.57. The maximum atomic E-state index is 8.67. The second-order valence-corrected chi connectivity index (χ2v) is 10.3. The highest BCUT2D eigenvalue weighted by Gasteiger charge is 2.13. The second kappa shape index (κ2) is 9.29. The van der Waals surface area contributed by atoms with Gasteiger partial charge in [0.25, 0.3) is 0 Å². The van der Waals surface area contributed by atoms with Gasteiger partial charge in [0.15, 0.2) is 5.75 Å². The van der Waals surface area contributed by atoms with E-state index in [-0.39, 0.29) is 0 Å². The zero-order chi connectivity index (χ0) is 19.3. The van der Waals surface area contributed by atoms with E-state index in [9.17, 15) is 0 Å². The maximum absolute atomic E-state index is 8.67.